The van der Waals surface area contributed by atoms with Crippen molar-refractivity contribution in [2.75, 3.05) is 5.32 Å². The van der Waals surface area contributed by atoms with Gasteiger partial charge < -0.3 is 14.8 Å². The summed E-state index contributed by atoms with van der Waals surface area (Å²) in [4.78, 5) is 15.2. The first kappa shape index (κ1) is 19.4. The van der Waals surface area contributed by atoms with Gasteiger partial charge in [0.2, 0.25) is 0 Å². The zero-order chi connectivity index (χ0) is 21.4. The molecule has 0 fully saturated rings. The molecule has 3 aromatic carbocycles. The predicted molar refractivity (Wildman–Crippen MR) is 120 cm³/mol. The molecule has 31 heavy (non-hydrogen) atoms. The molecule has 1 aliphatic heterocycles. The standard InChI is InChI=1S/C25H19ClFN3O/c26-19-10-3-2-9-18(19)24-23-14-7-15-29(23)22-13-6-1-8-17(22)16-30(24)25(31)28-21-12-5-4-11-20(21)27/h1-15,24H,16H2,(H,28,31). The number of carbonyl (C=O) groups excluding carboxylic acids is 1. The van der Waals surface area contributed by atoms with Crippen molar-refractivity contribution in [3.63, 3.8) is 0 Å². The maximum Gasteiger partial charge on any atom is 0.323 e. The number of halogens is 2. The highest BCUT2D eigenvalue weighted by Gasteiger charge is 2.34. The number of nitrogens with zero attached hydrogens (tertiary/aromatic N) is 2. The van der Waals surface area contributed by atoms with Crippen LogP contribution in [0.5, 0.6) is 0 Å². The number of hydrogen-bond acceptors (Lipinski definition) is 1. The maximum absolute atomic E-state index is 14.3. The molecule has 2 heterocycles. The zero-order valence-corrected chi connectivity index (χ0v) is 17.3. The summed E-state index contributed by atoms with van der Waals surface area (Å²) in [5, 5.41) is 3.31. The van der Waals surface area contributed by atoms with Crippen molar-refractivity contribution in [3.8, 4) is 5.69 Å². The average Bonchev–Trinajstić information content (AvgIpc) is 3.21. The van der Waals surface area contributed by atoms with E-state index in [2.05, 4.69) is 9.88 Å². The Labute approximate surface area is 184 Å². The summed E-state index contributed by atoms with van der Waals surface area (Å²) < 4.78 is 16.3. The molecule has 1 atom stereocenters. The molecule has 0 saturated carbocycles. The first-order chi connectivity index (χ1) is 15.1. The van der Waals surface area contributed by atoms with Gasteiger partial charge in [0.05, 0.1) is 23.6 Å². The molecule has 5 rings (SSSR count). The molecular weight excluding hydrogens is 413 g/mol. The third kappa shape index (κ3) is 3.47. The van der Waals surface area contributed by atoms with Crippen LogP contribution in [0.3, 0.4) is 0 Å². The van der Waals surface area contributed by atoms with Crippen LogP contribution in [0.1, 0.15) is 22.9 Å². The van der Waals surface area contributed by atoms with E-state index < -0.39 is 17.9 Å². The largest absolute Gasteiger partial charge is 0.323 e. The molecule has 4 aromatic rings. The van der Waals surface area contributed by atoms with Crippen LogP contribution in [0.4, 0.5) is 14.9 Å². The molecule has 0 saturated heterocycles. The van der Waals surface area contributed by atoms with Gasteiger partial charge in [0.25, 0.3) is 0 Å². The van der Waals surface area contributed by atoms with Crippen LogP contribution >= 0.6 is 11.6 Å². The van der Waals surface area contributed by atoms with Crippen molar-refractivity contribution in [1.82, 2.24) is 9.47 Å². The van der Waals surface area contributed by atoms with Gasteiger partial charge >= 0.3 is 6.03 Å². The fourth-order valence-corrected chi connectivity index (χ4v) is 4.35. The minimum atomic E-state index is -0.483. The summed E-state index contributed by atoms with van der Waals surface area (Å²) in [7, 11) is 0. The van der Waals surface area contributed by atoms with Gasteiger partial charge in [0, 0.05) is 11.2 Å². The molecule has 4 nitrogen and oxygen atoms in total. The molecule has 0 spiro atoms. The highest BCUT2D eigenvalue weighted by molar-refractivity contribution is 6.31. The Hall–Kier alpha value is -3.57. The van der Waals surface area contributed by atoms with E-state index in [0.29, 0.717) is 11.6 Å². The van der Waals surface area contributed by atoms with E-state index in [0.717, 1.165) is 22.5 Å². The number of urea groups is 1. The molecule has 0 radical (unpaired) electrons. The Bertz CT molecular complexity index is 1270. The lowest BCUT2D eigenvalue weighted by atomic mass is 10.0. The van der Waals surface area contributed by atoms with Gasteiger partial charge in [-0.3, -0.25) is 0 Å². The fourth-order valence-electron chi connectivity index (χ4n) is 4.11. The molecule has 1 aromatic heterocycles. The normalized spacial score (nSPS) is 15.0. The number of anilines is 1. The van der Waals surface area contributed by atoms with Crippen molar-refractivity contribution in [1.29, 1.82) is 0 Å². The van der Waals surface area contributed by atoms with Crippen LogP contribution in [0.2, 0.25) is 5.02 Å². The van der Waals surface area contributed by atoms with Gasteiger partial charge in [-0.2, -0.15) is 0 Å². The molecule has 6 heteroatoms. The number of amides is 2. The first-order valence-corrected chi connectivity index (χ1v) is 10.3. The van der Waals surface area contributed by atoms with E-state index in [9.17, 15) is 9.18 Å². The van der Waals surface area contributed by atoms with Crippen LogP contribution in [-0.4, -0.2) is 15.5 Å². The Kier molecular flexibility index (Phi) is 4.96. The lowest BCUT2D eigenvalue weighted by Crippen LogP contribution is -2.38. The zero-order valence-electron chi connectivity index (χ0n) is 16.5. The maximum atomic E-state index is 14.3. The lowest BCUT2D eigenvalue weighted by Gasteiger charge is -2.31. The Morgan fingerprint density at radius 2 is 1.68 bits per heavy atom. The third-order valence-electron chi connectivity index (χ3n) is 5.54. The number of carbonyl (C=O) groups is 1. The molecule has 2 amide bonds. The number of fused-ring (bicyclic) bond motifs is 3. The monoisotopic (exact) mass is 431 g/mol. The highest BCUT2D eigenvalue weighted by atomic mass is 35.5. The predicted octanol–water partition coefficient (Wildman–Crippen LogP) is 6.41. The van der Waals surface area contributed by atoms with Crippen molar-refractivity contribution >= 4 is 23.3 Å². The topological polar surface area (TPSA) is 37.3 Å². The van der Waals surface area contributed by atoms with Crippen molar-refractivity contribution in [2.24, 2.45) is 0 Å². The Balaban J connectivity index is 1.66. The molecule has 0 aliphatic carbocycles. The van der Waals surface area contributed by atoms with Crippen LogP contribution in [0.25, 0.3) is 5.69 Å². The number of hydrogen-bond donors (Lipinski definition) is 1. The van der Waals surface area contributed by atoms with Gasteiger partial charge in [-0.05, 0) is 47.5 Å². The summed E-state index contributed by atoms with van der Waals surface area (Å²) in [5.41, 5.74) is 3.83. The van der Waals surface area contributed by atoms with E-state index in [1.165, 1.54) is 6.07 Å². The summed E-state index contributed by atoms with van der Waals surface area (Å²) >= 11 is 6.58. The van der Waals surface area contributed by atoms with Gasteiger partial charge in [0.1, 0.15) is 11.9 Å². The van der Waals surface area contributed by atoms with E-state index in [4.69, 9.17) is 11.6 Å². The van der Waals surface area contributed by atoms with Crippen molar-refractivity contribution < 1.29 is 9.18 Å². The van der Waals surface area contributed by atoms with E-state index >= 15 is 0 Å². The number of rotatable bonds is 2. The van der Waals surface area contributed by atoms with Crippen LogP contribution in [-0.2, 0) is 6.54 Å². The number of para-hydroxylation sites is 2. The Morgan fingerprint density at radius 3 is 2.52 bits per heavy atom. The van der Waals surface area contributed by atoms with E-state index in [-0.39, 0.29) is 5.69 Å². The summed E-state index contributed by atoms with van der Waals surface area (Å²) in [6, 6.07) is 24.7. The van der Waals surface area contributed by atoms with Gasteiger partial charge in [-0.1, -0.05) is 60.1 Å². The SMILES string of the molecule is O=C(Nc1ccccc1F)N1Cc2ccccc2-n2cccc2C1c1ccccc1Cl. The minimum Gasteiger partial charge on any atom is -0.318 e. The van der Waals surface area contributed by atoms with Crippen molar-refractivity contribution in [2.45, 2.75) is 12.6 Å². The van der Waals surface area contributed by atoms with Gasteiger partial charge in [0.15, 0.2) is 0 Å². The second kappa shape index (κ2) is 7.93. The first-order valence-electron chi connectivity index (χ1n) is 9.95. The quantitative estimate of drug-likeness (QED) is 0.391. The van der Waals surface area contributed by atoms with Crippen LogP contribution < -0.4 is 5.32 Å². The summed E-state index contributed by atoms with van der Waals surface area (Å²) in [6.45, 7) is 0.341. The van der Waals surface area contributed by atoms with Gasteiger partial charge in [-0.25, -0.2) is 9.18 Å². The minimum absolute atomic E-state index is 0.137. The van der Waals surface area contributed by atoms with E-state index in [1.54, 1.807) is 23.1 Å². The molecule has 0 bridgehead atoms. The molecule has 1 aliphatic rings. The average molecular weight is 432 g/mol. The summed E-state index contributed by atoms with van der Waals surface area (Å²) in [5.74, 6) is -0.483. The third-order valence-corrected chi connectivity index (χ3v) is 5.88. The second-order valence-electron chi connectivity index (χ2n) is 7.39. The molecular formula is C25H19ClFN3O. The smallest absolute Gasteiger partial charge is 0.318 e. The van der Waals surface area contributed by atoms with Crippen molar-refractivity contribution in [3.05, 3.63) is 119 Å². The second-order valence-corrected chi connectivity index (χ2v) is 7.80. The molecule has 1 N–H and O–H groups in total. The number of aromatic nitrogens is 1. The van der Waals surface area contributed by atoms with E-state index in [1.807, 2.05) is 66.9 Å². The lowest BCUT2D eigenvalue weighted by molar-refractivity contribution is 0.194. The fraction of sp³-hybridized carbons (Fsp3) is 0.0800. The molecule has 154 valence electrons. The van der Waals surface area contributed by atoms with Crippen LogP contribution in [0, 0.1) is 5.82 Å². The summed E-state index contributed by atoms with van der Waals surface area (Å²) in [6.07, 6.45) is 1.98. The Morgan fingerprint density at radius 1 is 0.935 bits per heavy atom. The number of benzene rings is 3. The molecule has 1 unspecified atom stereocenters. The highest BCUT2D eigenvalue weighted by Crippen LogP contribution is 2.39. The number of nitrogens with one attached hydrogen (secondary N) is 1. The van der Waals surface area contributed by atoms with Gasteiger partial charge in [-0.15, -0.1) is 0 Å². The van der Waals surface area contributed by atoms with Crippen LogP contribution in [0.15, 0.2) is 91.1 Å².